The van der Waals surface area contributed by atoms with Gasteiger partial charge in [0, 0.05) is 49.6 Å². The van der Waals surface area contributed by atoms with Gasteiger partial charge in [0.25, 0.3) is 0 Å². The number of para-hydroxylation sites is 1. The van der Waals surface area contributed by atoms with Crippen LogP contribution in [-0.4, -0.2) is 35.5 Å². The Hall–Kier alpha value is -2.43. The zero-order valence-electron chi connectivity index (χ0n) is 13.3. The van der Waals surface area contributed by atoms with Crippen molar-refractivity contribution in [2.75, 3.05) is 29.4 Å². The lowest BCUT2D eigenvalue weighted by Gasteiger charge is -2.25. The van der Waals surface area contributed by atoms with Gasteiger partial charge in [0.05, 0.1) is 6.20 Å². The van der Waals surface area contributed by atoms with Crippen LogP contribution >= 0.6 is 0 Å². The fourth-order valence-corrected chi connectivity index (χ4v) is 3.84. The first-order chi connectivity index (χ1) is 11.2. The third-order valence-corrected chi connectivity index (χ3v) is 5.04. The Kier molecular flexibility index (Phi) is 3.29. The van der Waals surface area contributed by atoms with Gasteiger partial charge >= 0.3 is 0 Å². The third kappa shape index (κ3) is 2.46. The number of carbonyl (C=O) groups is 1. The van der Waals surface area contributed by atoms with Gasteiger partial charge in [0.1, 0.15) is 5.82 Å². The summed E-state index contributed by atoms with van der Waals surface area (Å²) < 4.78 is 0. The van der Waals surface area contributed by atoms with Gasteiger partial charge in [0.15, 0.2) is 0 Å². The van der Waals surface area contributed by atoms with Crippen LogP contribution in [0, 0.1) is 12.3 Å². The van der Waals surface area contributed by atoms with Crippen LogP contribution < -0.4 is 9.80 Å². The van der Waals surface area contributed by atoms with Crippen molar-refractivity contribution in [2.24, 2.45) is 5.41 Å². The molecule has 2 saturated heterocycles. The number of benzene rings is 1. The van der Waals surface area contributed by atoms with Crippen LogP contribution in [0.5, 0.6) is 0 Å². The number of carbonyl (C=O) groups excluding carboxylic acids is 1. The molecule has 3 heterocycles. The number of anilines is 2. The second-order valence-electron chi connectivity index (χ2n) is 6.68. The summed E-state index contributed by atoms with van der Waals surface area (Å²) in [7, 11) is 0. The van der Waals surface area contributed by atoms with Crippen molar-refractivity contribution in [3.05, 3.63) is 48.4 Å². The Labute approximate surface area is 136 Å². The van der Waals surface area contributed by atoms with Crippen LogP contribution in [0.2, 0.25) is 0 Å². The van der Waals surface area contributed by atoms with E-state index in [1.807, 2.05) is 23.1 Å². The minimum Gasteiger partial charge on any atom is -0.355 e. The van der Waals surface area contributed by atoms with Crippen molar-refractivity contribution >= 4 is 17.4 Å². The van der Waals surface area contributed by atoms with E-state index in [0.29, 0.717) is 6.42 Å². The molecule has 2 aliphatic heterocycles. The molecule has 1 aromatic heterocycles. The summed E-state index contributed by atoms with van der Waals surface area (Å²) in [5.41, 5.74) is 2.24. The second kappa shape index (κ2) is 5.33. The van der Waals surface area contributed by atoms with Crippen molar-refractivity contribution in [3.8, 4) is 0 Å². The van der Waals surface area contributed by atoms with Gasteiger partial charge in [-0.2, -0.15) is 0 Å². The van der Waals surface area contributed by atoms with Gasteiger partial charge < -0.3 is 9.80 Å². The highest BCUT2D eigenvalue weighted by atomic mass is 16.2. The van der Waals surface area contributed by atoms with Crippen LogP contribution in [0.25, 0.3) is 0 Å². The Balaban J connectivity index is 1.56. The lowest BCUT2D eigenvalue weighted by atomic mass is 9.86. The van der Waals surface area contributed by atoms with Crippen LogP contribution in [0.1, 0.15) is 18.4 Å². The third-order valence-electron chi connectivity index (χ3n) is 5.04. The molecular formula is C18H20N4O. The quantitative estimate of drug-likeness (QED) is 0.855. The van der Waals surface area contributed by atoms with Crippen LogP contribution in [0.4, 0.5) is 11.5 Å². The Bertz CT molecular complexity index is 733. The lowest BCUT2D eigenvalue weighted by molar-refractivity contribution is -0.117. The largest absolute Gasteiger partial charge is 0.355 e. The van der Waals surface area contributed by atoms with Crippen LogP contribution in [0.3, 0.4) is 0 Å². The summed E-state index contributed by atoms with van der Waals surface area (Å²) in [6, 6.07) is 8.12. The van der Waals surface area contributed by atoms with Crippen molar-refractivity contribution in [2.45, 2.75) is 19.8 Å². The minimum absolute atomic E-state index is 0.0386. The number of hydrogen-bond donors (Lipinski definition) is 0. The number of nitrogens with zero attached hydrogens (tertiary/aromatic N) is 4. The molecule has 4 rings (SSSR count). The second-order valence-corrected chi connectivity index (χ2v) is 6.68. The summed E-state index contributed by atoms with van der Waals surface area (Å²) in [6.07, 6.45) is 6.86. The first-order valence-electron chi connectivity index (χ1n) is 8.04. The molecule has 0 unspecified atom stereocenters. The Morgan fingerprint density at radius 2 is 2.04 bits per heavy atom. The number of aryl methyl sites for hydroxylation is 1. The molecule has 118 valence electrons. The van der Waals surface area contributed by atoms with Crippen molar-refractivity contribution < 1.29 is 4.79 Å². The van der Waals surface area contributed by atoms with E-state index >= 15 is 0 Å². The molecular weight excluding hydrogens is 288 g/mol. The predicted octanol–water partition coefficient (Wildman–Crippen LogP) is 2.42. The molecule has 0 aliphatic carbocycles. The maximum Gasteiger partial charge on any atom is 0.227 e. The lowest BCUT2D eigenvalue weighted by Crippen LogP contribution is -2.31. The Morgan fingerprint density at radius 1 is 1.17 bits per heavy atom. The average Bonchev–Trinajstić information content (AvgIpc) is 3.12. The molecule has 1 aromatic carbocycles. The van der Waals surface area contributed by atoms with Gasteiger partial charge in [-0.15, -0.1) is 0 Å². The molecule has 2 aromatic rings. The molecule has 1 spiro atoms. The molecule has 0 bridgehead atoms. The summed E-state index contributed by atoms with van der Waals surface area (Å²) >= 11 is 0. The molecule has 1 amide bonds. The average molecular weight is 308 g/mol. The van der Waals surface area contributed by atoms with E-state index in [4.69, 9.17) is 0 Å². The minimum atomic E-state index is 0.0386. The van der Waals surface area contributed by atoms with E-state index in [-0.39, 0.29) is 11.3 Å². The standard InChI is InChI=1S/C18H20N4O/c1-14-4-2-3-5-15(14)22-13-18(10-17(22)23)6-9-21(12-18)16-11-19-7-8-20-16/h2-5,7-8,11H,6,9-10,12-13H2,1H3/t18-/m1/s1. The maximum absolute atomic E-state index is 12.6. The molecule has 0 saturated carbocycles. The topological polar surface area (TPSA) is 49.3 Å². The highest BCUT2D eigenvalue weighted by Gasteiger charge is 2.48. The molecule has 23 heavy (non-hydrogen) atoms. The van der Waals surface area contributed by atoms with E-state index in [1.54, 1.807) is 18.6 Å². The highest BCUT2D eigenvalue weighted by molar-refractivity contribution is 5.97. The zero-order valence-corrected chi connectivity index (χ0v) is 13.3. The zero-order chi connectivity index (χ0) is 15.9. The van der Waals surface area contributed by atoms with E-state index in [9.17, 15) is 4.79 Å². The number of hydrogen-bond acceptors (Lipinski definition) is 4. The van der Waals surface area contributed by atoms with Crippen molar-refractivity contribution in [1.82, 2.24) is 9.97 Å². The number of rotatable bonds is 2. The summed E-state index contributed by atoms with van der Waals surface area (Å²) in [4.78, 5) is 25.4. The molecule has 5 heteroatoms. The maximum atomic E-state index is 12.6. The van der Waals surface area contributed by atoms with E-state index < -0.39 is 0 Å². The van der Waals surface area contributed by atoms with Crippen LogP contribution in [-0.2, 0) is 4.79 Å². The normalized spacial score (nSPS) is 24.0. The molecule has 5 nitrogen and oxygen atoms in total. The molecule has 0 radical (unpaired) electrons. The first kappa shape index (κ1) is 14.2. The van der Waals surface area contributed by atoms with E-state index in [0.717, 1.165) is 43.1 Å². The number of aromatic nitrogens is 2. The van der Waals surface area contributed by atoms with Crippen molar-refractivity contribution in [1.29, 1.82) is 0 Å². The van der Waals surface area contributed by atoms with Gasteiger partial charge in [-0.1, -0.05) is 18.2 Å². The van der Waals surface area contributed by atoms with Crippen LogP contribution in [0.15, 0.2) is 42.9 Å². The van der Waals surface area contributed by atoms with E-state index in [1.165, 1.54) is 0 Å². The predicted molar refractivity (Wildman–Crippen MR) is 89.4 cm³/mol. The monoisotopic (exact) mass is 308 g/mol. The summed E-state index contributed by atoms with van der Waals surface area (Å²) in [5.74, 6) is 1.14. The Morgan fingerprint density at radius 3 is 2.83 bits per heavy atom. The fourth-order valence-electron chi connectivity index (χ4n) is 3.84. The van der Waals surface area contributed by atoms with Gasteiger partial charge in [-0.25, -0.2) is 4.98 Å². The fraction of sp³-hybridized carbons (Fsp3) is 0.389. The molecule has 1 atom stereocenters. The molecule has 2 aliphatic rings. The first-order valence-corrected chi connectivity index (χ1v) is 8.04. The number of amides is 1. The van der Waals surface area contributed by atoms with Crippen molar-refractivity contribution in [3.63, 3.8) is 0 Å². The summed E-state index contributed by atoms with van der Waals surface area (Å²) in [5, 5.41) is 0. The highest BCUT2D eigenvalue weighted by Crippen LogP contribution is 2.43. The van der Waals surface area contributed by atoms with Gasteiger partial charge in [-0.05, 0) is 25.0 Å². The molecule has 0 N–H and O–H groups in total. The SMILES string of the molecule is Cc1ccccc1N1C[C@]2(CCN(c3cnccn3)C2)CC1=O. The van der Waals surface area contributed by atoms with E-state index in [2.05, 4.69) is 27.9 Å². The smallest absolute Gasteiger partial charge is 0.227 e. The van der Waals surface area contributed by atoms with Gasteiger partial charge in [-0.3, -0.25) is 9.78 Å². The summed E-state index contributed by atoms with van der Waals surface area (Å²) in [6.45, 7) is 4.68. The van der Waals surface area contributed by atoms with Gasteiger partial charge in [0.2, 0.25) is 5.91 Å². The molecule has 2 fully saturated rings.